The first-order valence-corrected chi connectivity index (χ1v) is 24.3. The van der Waals surface area contributed by atoms with Crippen molar-refractivity contribution < 1.29 is 0 Å². The Hall–Kier alpha value is -0.860. The van der Waals surface area contributed by atoms with E-state index in [1.165, 1.54) is 103 Å². The molecule has 7 unspecified atom stereocenters. The van der Waals surface area contributed by atoms with E-state index in [0.717, 1.165) is 89.4 Å². The summed E-state index contributed by atoms with van der Waals surface area (Å²) >= 11 is 0. The Bertz CT molecular complexity index is 1260. The minimum absolute atomic E-state index is 0.646. The zero-order valence-corrected chi connectivity index (χ0v) is 33.4. The minimum Gasteiger partial charge on any atom is -0.293 e. The fourth-order valence-electron chi connectivity index (χ4n) is 16.8. The lowest BCUT2D eigenvalue weighted by Crippen LogP contribution is -2.57. The molecule has 0 bridgehead atoms. The van der Waals surface area contributed by atoms with E-state index in [1.54, 1.807) is 77.0 Å². The van der Waals surface area contributed by atoms with Crippen molar-refractivity contribution in [1.82, 2.24) is 9.80 Å². The van der Waals surface area contributed by atoms with Gasteiger partial charge in [0, 0.05) is 36.3 Å². The van der Waals surface area contributed by atoms with E-state index in [9.17, 15) is 0 Å². The van der Waals surface area contributed by atoms with Crippen LogP contribution in [0.4, 0.5) is 0 Å². The molecule has 52 heavy (non-hydrogen) atoms. The number of rotatable bonds is 6. The zero-order chi connectivity index (χ0) is 34.4. The van der Waals surface area contributed by atoms with E-state index in [0.29, 0.717) is 6.04 Å². The normalized spacial score (nSPS) is 49.6. The summed E-state index contributed by atoms with van der Waals surface area (Å²) in [6.07, 6.45) is 57.4. The molecule has 1 heterocycles. The highest BCUT2D eigenvalue weighted by Crippen LogP contribution is 2.57. The van der Waals surface area contributed by atoms with Crippen LogP contribution in [0.5, 0.6) is 0 Å². The number of likely N-dealkylation sites (tertiary alicyclic amines) is 1. The third-order valence-electron chi connectivity index (χ3n) is 19.1. The third kappa shape index (κ3) is 6.94. The molecule has 7 saturated carbocycles. The summed E-state index contributed by atoms with van der Waals surface area (Å²) in [5.74, 6) is 10.5. The molecule has 288 valence electrons. The van der Waals surface area contributed by atoms with Crippen LogP contribution in [0, 0.1) is 59.2 Å². The van der Waals surface area contributed by atoms with E-state index in [-0.39, 0.29) is 0 Å². The van der Waals surface area contributed by atoms with Crippen LogP contribution in [-0.4, -0.2) is 46.1 Å². The van der Waals surface area contributed by atoms with Crippen molar-refractivity contribution in [1.29, 1.82) is 0 Å². The number of hydrogen-bond acceptors (Lipinski definition) is 2. The Kier molecular flexibility index (Phi) is 10.9. The predicted molar refractivity (Wildman–Crippen MR) is 218 cm³/mol. The monoisotopic (exact) mass is 707 g/mol. The fraction of sp³-hybridized carbons (Fsp3) is 0.880. The minimum atomic E-state index is 0.646. The van der Waals surface area contributed by atoms with Gasteiger partial charge in [-0.05, 0) is 200 Å². The molecule has 0 aromatic rings. The van der Waals surface area contributed by atoms with Crippen molar-refractivity contribution in [2.75, 3.05) is 0 Å². The molecule has 10 rings (SSSR count). The summed E-state index contributed by atoms with van der Waals surface area (Å²) in [5.41, 5.74) is 0. The summed E-state index contributed by atoms with van der Waals surface area (Å²) in [5, 5.41) is 0. The van der Waals surface area contributed by atoms with Gasteiger partial charge in [-0.1, -0.05) is 75.0 Å². The van der Waals surface area contributed by atoms with Gasteiger partial charge in [0.25, 0.3) is 0 Å². The maximum Gasteiger partial charge on any atom is 0.0321 e. The second-order valence-electron chi connectivity index (χ2n) is 21.2. The molecule has 0 amide bonds. The molecule has 0 radical (unpaired) electrons. The van der Waals surface area contributed by atoms with Crippen LogP contribution in [0.2, 0.25) is 0 Å². The van der Waals surface area contributed by atoms with Gasteiger partial charge < -0.3 is 0 Å². The highest BCUT2D eigenvalue weighted by molar-refractivity contribution is 5.16. The third-order valence-corrected chi connectivity index (χ3v) is 19.1. The van der Waals surface area contributed by atoms with Crippen molar-refractivity contribution in [2.24, 2.45) is 59.2 Å². The topological polar surface area (TPSA) is 6.48 Å². The van der Waals surface area contributed by atoms with Crippen molar-refractivity contribution in [3.8, 4) is 0 Å². The molecule has 0 aromatic heterocycles. The first-order valence-electron chi connectivity index (χ1n) is 24.3. The van der Waals surface area contributed by atoms with E-state index in [2.05, 4.69) is 46.3 Å². The van der Waals surface area contributed by atoms with Crippen LogP contribution >= 0.6 is 0 Å². The van der Waals surface area contributed by atoms with Gasteiger partial charge in [0.2, 0.25) is 0 Å². The van der Waals surface area contributed by atoms with E-state index in [1.807, 2.05) is 0 Å². The average Bonchev–Trinajstić information content (AvgIpc) is 3.57. The Morgan fingerprint density at radius 2 is 1.06 bits per heavy atom. The summed E-state index contributed by atoms with van der Waals surface area (Å²) in [7, 11) is 0. The van der Waals surface area contributed by atoms with Crippen molar-refractivity contribution >= 4 is 0 Å². The lowest BCUT2D eigenvalue weighted by atomic mass is 9.61. The number of nitrogens with zero attached hydrogens (tertiary/aromatic N) is 2. The highest BCUT2D eigenvalue weighted by Gasteiger charge is 2.57. The molecular formula is C50H78N2. The van der Waals surface area contributed by atoms with Gasteiger partial charge in [0.1, 0.15) is 0 Å². The lowest BCUT2D eigenvalue weighted by Gasteiger charge is -2.54. The fourth-order valence-corrected chi connectivity index (χ4v) is 16.8. The van der Waals surface area contributed by atoms with Crippen LogP contribution in [0.15, 0.2) is 36.5 Å². The molecule has 12 atom stereocenters. The molecule has 0 spiro atoms. The van der Waals surface area contributed by atoms with Crippen LogP contribution < -0.4 is 0 Å². The molecule has 0 aromatic carbocycles. The summed E-state index contributed by atoms with van der Waals surface area (Å²) in [6, 6.07) is 4.94. The van der Waals surface area contributed by atoms with Crippen LogP contribution in [-0.2, 0) is 0 Å². The van der Waals surface area contributed by atoms with Gasteiger partial charge in [-0.2, -0.15) is 0 Å². The second kappa shape index (κ2) is 15.9. The first kappa shape index (κ1) is 35.5. The summed E-state index contributed by atoms with van der Waals surface area (Å²) < 4.78 is 0. The van der Waals surface area contributed by atoms with Gasteiger partial charge in [-0.25, -0.2) is 0 Å². The Labute approximate surface area is 320 Å². The zero-order valence-electron chi connectivity index (χ0n) is 33.4. The van der Waals surface area contributed by atoms with Gasteiger partial charge >= 0.3 is 0 Å². The smallest absolute Gasteiger partial charge is 0.0321 e. The van der Waals surface area contributed by atoms with Gasteiger partial charge in [-0.15, -0.1) is 0 Å². The Morgan fingerprint density at radius 3 is 1.83 bits per heavy atom. The average molecular weight is 707 g/mol. The first-order chi connectivity index (χ1) is 25.8. The molecular weight excluding hydrogens is 629 g/mol. The number of allylic oxidation sites excluding steroid dienone is 3. The van der Waals surface area contributed by atoms with Crippen LogP contribution in [0.1, 0.15) is 180 Å². The van der Waals surface area contributed by atoms with E-state index >= 15 is 0 Å². The summed E-state index contributed by atoms with van der Waals surface area (Å²) in [4.78, 5) is 6.52. The molecule has 1 saturated heterocycles. The van der Waals surface area contributed by atoms with Crippen molar-refractivity contribution in [2.45, 2.75) is 216 Å². The molecule has 9 aliphatic carbocycles. The standard InChI is InChI=1S/C50H78N2/c1-3-13-42(14-4-1)51(44-29-25-37(26-30-44)36-19-21-38(22-20-36)41-24-23-35-11-7-8-12-40(35)33-41)45-31-27-39-28-32-47-46-17-9-10-18-49(46)52(50(47)48(39)34-45)43-15-5-2-6-16-43/h1-5,13,35-50H,6-12,14-34H2/t35-,36?,37?,38?,39-,40?,41?,42?,43?,44?,45-,46+,47?,48-,49?,50?/m1/s1. The molecule has 8 fully saturated rings. The van der Waals surface area contributed by atoms with Gasteiger partial charge in [0.05, 0.1) is 0 Å². The molecule has 1 aliphatic heterocycles. The molecule has 2 heteroatoms. The lowest BCUT2D eigenvalue weighted by molar-refractivity contribution is -0.0378. The van der Waals surface area contributed by atoms with Crippen molar-refractivity contribution in [3.63, 3.8) is 0 Å². The maximum atomic E-state index is 3.30. The summed E-state index contributed by atoms with van der Waals surface area (Å²) in [6.45, 7) is 0. The second-order valence-corrected chi connectivity index (χ2v) is 21.2. The Balaban J connectivity index is 0.804. The van der Waals surface area contributed by atoms with Gasteiger partial charge in [-0.3, -0.25) is 9.80 Å². The molecule has 0 N–H and O–H groups in total. The van der Waals surface area contributed by atoms with Crippen LogP contribution in [0.3, 0.4) is 0 Å². The molecule has 2 nitrogen and oxygen atoms in total. The van der Waals surface area contributed by atoms with Gasteiger partial charge in [0.15, 0.2) is 0 Å². The van der Waals surface area contributed by atoms with E-state index < -0.39 is 0 Å². The highest BCUT2D eigenvalue weighted by atomic mass is 15.3. The largest absolute Gasteiger partial charge is 0.293 e. The predicted octanol–water partition coefficient (Wildman–Crippen LogP) is 12.7. The Morgan fingerprint density at radius 1 is 0.423 bits per heavy atom. The van der Waals surface area contributed by atoms with E-state index in [4.69, 9.17) is 0 Å². The number of fused-ring (bicyclic) bond motifs is 6. The number of hydrogen-bond donors (Lipinski definition) is 0. The van der Waals surface area contributed by atoms with Crippen molar-refractivity contribution in [3.05, 3.63) is 36.5 Å². The van der Waals surface area contributed by atoms with Crippen LogP contribution in [0.25, 0.3) is 0 Å². The molecule has 10 aliphatic rings. The SMILES string of the molecule is C1=CCC(N(C2CCC(C3CCC(C4CC[C@H]5CCCCC5C4)CC3)CC2)[C@@H]2CC[C@@H]3CCC4C([C@@H]3C2)N(C2CC=CCC2)C2CCCC[C@@H]42)C=C1. The quantitative estimate of drug-likeness (QED) is 0.254. The maximum absolute atomic E-state index is 3.30.